The smallest absolute Gasteiger partial charge is 0.267 e. The number of hydrazine groups is 1. The molecule has 13 heavy (non-hydrogen) atoms. The summed E-state index contributed by atoms with van der Waals surface area (Å²) in [6.07, 6.45) is 0. The van der Waals surface area contributed by atoms with Crippen LogP contribution in [0.15, 0.2) is 5.38 Å². The Hall–Kier alpha value is -1.40. The summed E-state index contributed by atoms with van der Waals surface area (Å²) in [5.41, 5.74) is 7.99. The average Bonchev–Trinajstić information content (AvgIpc) is 2.46. The first-order valence-corrected chi connectivity index (χ1v) is 4.34. The zero-order valence-corrected chi connectivity index (χ0v) is 7.77. The number of hydrogen-bond donors (Lipinski definition) is 3. The Labute approximate surface area is 78.7 Å². The van der Waals surface area contributed by atoms with Crippen LogP contribution in [0.25, 0.3) is 0 Å². The molecule has 1 heterocycles. The lowest BCUT2D eigenvalue weighted by molar-refractivity contribution is 0.0938. The van der Waals surface area contributed by atoms with E-state index in [-0.39, 0.29) is 10.4 Å². The second-order valence-corrected chi connectivity index (χ2v) is 3.34. The number of nitrogens with two attached hydrogens (primary N) is 2. The molecule has 1 aromatic heterocycles. The largest absolute Gasteiger partial charge is 0.365 e. The van der Waals surface area contributed by atoms with Crippen molar-refractivity contribution >= 4 is 23.2 Å². The van der Waals surface area contributed by atoms with Crippen molar-refractivity contribution in [3.05, 3.63) is 21.4 Å². The number of rotatable bonds is 2. The molecule has 0 spiro atoms. The molecule has 0 saturated heterocycles. The molecule has 0 aliphatic rings. The first kappa shape index (κ1) is 9.69. The minimum atomic E-state index is -0.614. The fourth-order valence-corrected chi connectivity index (χ4v) is 1.88. The molecule has 0 radical (unpaired) electrons. The Bertz CT molecular complexity index is 359. The highest BCUT2D eigenvalue weighted by Gasteiger charge is 2.18. The monoisotopic (exact) mass is 199 g/mol. The van der Waals surface area contributed by atoms with Gasteiger partial charge in [0.2, 0.25) is 0 Å². The van der Waals surface area contributed by atoms with Gasteiger partial charge in [0, 0.05) is 0 Å². The lowest BCUT2D eigenvalue weighted by Crippen LogP contribution is -2.31. The molecule has 5 nitrogen and oxygen atoms in total. The standard InChI is InChI=1S/C7H9N3O2S/c1-3-2-13-5(6(8)11)4(3)7(12)10-9/h2H,9H2,1H3,(H2,8,11)(H,10,12). The van der Waals surface area contributed by atoms with E-state index in [1.54, 1.807) is 12.3 Å². The van der Waals surface area contributed by atoms with Gasteiger partial charge in [-0.2, -0.15) is 0 Å². The lowest BCUT2D eigenvalue weighted by atomic mass is 10.1. The van der Waals surface area contributed by atoms with Crippen LogP contribution in [0.1, 0.15) is 25.6 Å². The highest BCUT2D eigenvalue weighted by molar-refractivity contribution is 7.12. The van der Waals surface area contributed by atoms with E-state index >= 15 is 0 Å². The Morgan fingerprint density at radius 3 is 2.62 bits per heavy atom. The van der Waals surface area contributed by atoms with E-state index in [1.165, 1.54) is 0 Å². The predicted octanol–water partition coefficient (Wildman–Crippen LogP) is -0.241. The molecule has 0 atom stereocenters. The molecule has 0 saturated carbocycles. The molecule has 0 unspecified atom stereocenters. The number of aryl methyl sites for hydroxylation is 1. The minimum absolute atomic E-state index is 0.237. The van der Waals surface area contributed by atoms with Gasteiger partial charge in [-0.05, 0) is 17.9 Å². The van der Waals surface area contributed by atoms with Crippen LogP contribution in [0.5, 0.6) is 0 Å². The normalized spacial score (nSPS) is 9.69. The van der Waals surface area contributed by atoms with Crippen molar-refractivity contribution in [1.29, 1.82) is 0 Å². The summed E-state index contributed by atoms with van der Waals surface area (Å²) >= 11 is 1.14. The van der Waals surface area contributed by atoms with Crippen molar-refractivity contribution in [3.63, 3.8) is 0 Å². The molecule has 5 N–H and O–H groups in total. The van der Waals surface area contributed by atoms with Crippen molar-refractivity contribution in [2.45, 2.75) is 6.92 Å². The van der Waals surface area contributed by atoms with Gasteiger partial charge in [0.25, 0.3) is 11.8 Å². The SMILES string of the molecule is Cc1csc(C(N)=O)c1C(=O)NN. The highest BCUT2D eigenvalue weighted by atomic mass is 32.1. The van der Waals surface area contributed by atoms with Crippen LogP contribution in [0.2, 0.25) is 0 Å². The molecule has 1 aromatic rings. The molecular formula is C7H9N3O2S. The zero-order chi connectivity index (χ0) is 10.0. The van der Waals surface area contributed by atoms with Crippen LogP contribution in [0.4, 0.5) is 0 Å². The molecule has 2 amide bonds. The highest BCUT2D eigenvalue weighted by Crippen LogP contribution is 2.20. The van der Waals surface area contributed by atoms with Gasteiger partial charge in [-0.25, -0.2) is 5.84 Å². The number of amides is 2. The maximum Gasteiger partial charge on any atom is 0.267 e. The maximum atomic E-state index is 11.2. The predicted molar refractivity (Wildman–Crippen MR) is 49.2 cm³/mol. The lowest BCUT2D eigenvalue weighted by Gasteiger charge is -2.00. The molecule has 0 aliphatic carbocycles. The van der Waals surface area contributed by atoms with E-state index < -0.39 is 11.8 Å². The van der Waals surface area contributed by atoms with E-state index in [9.17, 15) is 9.59 Å². The van der Waals surface area contributed by atoms with Crippen LogP contribution in [0.3, 0.4) is 0 Å². The van der Waals surface area contributed by atoms with Crippen molar-refractivity contribution in [3.8, 4) is 0 Å². The number of primary amides is 1. The number of carbonyl (C=O) groups excluding carboxylic acids is 2. The third kappa shape index (κ3) is 1.68. The number of hydrogen-bond acceptors (Lipinski definition) is 4. The van der Waals surface area contributed by atoms with E-state index in [0.29, 0.717) is 5.56 Å². The minimum Gasteiger partial charge on any atom is -0.365 e. The zero-order valence-electron chi connectivity index (χ0n) is 6.96. The second-order valence-electron chi connectivity index (χ2n) is 2.46. The summed E-state index contributed by atoms with van der Waals surface area (Å²) in [4.78, 5) is 22.3. The van der Waals surface area contributed by atoms with Crippen LogP contribution in [-0.4, -0.2) is 11.8 Å². The number of carbonyl (C=O) groups is 2. The van der Waals surface area contributed by atoms with Gasteiger partial charge in [0.05, 0.1) is 5.56 Å². The van der Waals surface area contributed by atoms with Gasteiger partial charge in [-0.15, -0.1) is 11.3 Å². The van der Waals surface area contributed by atoms with Crippen molar-refractivity contribution in [2.75, 3.05) is 0 Å². The van der Waals surface area contributed by atoms with E-state index in [4.69, 9.17) is 11.6 Å². The third-order valence-electron chi connectivity index (χ3n) is 1.56. The van der Waals surface area contributed by atoms with E-state index in [0.717, 1.165) is 11.3 Å². The first-order valence-electron chi connectivity index (χ1n) is 3.46. The fourth-order valence-electron chi connectivity index (χ4n) is 0.980. The summed E-state index contributed by atoms with van der Waals surface area (Å²) < 4.78 is 0. The Morgan fingerprint density at radius 1 is 1.54 bits per heavy atom. The Kier molecular flexibility index (Phi) is 2.64. The number of nitrogen functional groups attached to an aromatic ring is 1. The number of nitrogens with one attached hydrogen (secondary N) is 1. The fraction of sp³-hybridized carbons (Fsp3) is 0.143. The topological polar surface area (TPSA) is 98.2 Å². The van der Waals surface area contributed by atoms with E-state index in [2.05, 4.69) is 0 Å². The summed E-state index contributed by atoms with van der Waals surface area (Å²) in [5.74, 6) is 3.85. The summed E-state index contributed by atoms with van der Waals surface area (Å²) in [6, 6.07) is 0. The van der Waals surface area contributed by atoms with Crippen molar-refractivity contribution < 1.29 is 9.59 Å². The summed E-state index contributed by atoms with van der Waals surface area (Å²) in [6.45, 7) is 1.72. The quantitative estimate of drug-likeness (QED) is 0.348. The molecule has 70 valence electrons. The van der Waals surface area contributed by atoms with Gasteiger partial charge < -0.3 is 5.73 Å². The van der Waals surface area contributed by atoms with Crippen molar-refractivity contribution in [1.82, 2.24) is 5.43 Å². The first-order chi connectivity index (χ1) is 6.07. The van der Waals surface area contributed by atoms with Gasteiger partial charge in [0.1, 0.15) is 4.88 Å². The maximum absolute atomic E-state index is 11.2. The average molecular weight is 199 g/mol. The number of thiophene rings is 1. The van der Waals surface area contributed by atoms with Crippen LogP contribution >= 0.6 is 11.3 Å². The molecule has 0 aliphatic heterocycles. The molecule has 6 heteroatoms. The summed E-state index contributed by atoms with van der Waals surface area (Å²) in [5, 5.41) is 1.69. The van der Waals surface area contributed by atoms with Crippen LogP contribution in [-0.2, 0) is 0 Å². The third-order valence-corrected chi connectivity index (χ3v) is 2.67. The molecule has 0 bridgehead atoms. The van der Waals surface area contributed by atoms with Gasteiger partial charge in [-0.3, -0.25) is 15.0 Å². The Balaban J connectivity index is 3.24. The Morgan fingerprint density at radius 2 is 2.15 bits per heavy atom. The van der Waals surface area contributed by atoms with Crippen LogP contribution in [0, 0.1) is 6.92 Å². The molecule has 0 fully saturated rings. The van der Waals surface area contributed by atoms with Gasteiger partial charge >= 0.3 is 0 Å². The molecular weight excluding hydrogens is 190 g/mol. The molecule has 0 aromatic carbocycles. The van der Waals surface area contributed by atoms with E-state index in [1.807, 2.05) is 5.43 Å². The van der Waals surface area contributed by atoms with Crippen LogP contribution < -0.4 is 17.0 Å². The molecule has 1 rings (SSSR count). The van der Waals surface area contributed by atoms with Gasteiger partial charge in [-0.1, -0.05) is 0 Å². The van der Waals surface area contributed by atoms with Gasteiger partial charge in [0.15, 0.2) is 0 Å². The second kappa shape index (κ2) is 3.55. The summed E-state index contributed by atoms with van der Waals surface area (Å²) in [7, 11) is 0. The van der Waals surface area contributed by atoms with Crippen molar-refractivity contribution in [2.24, 2.45) is 11.6 Å².